The molecular weight excluding hydrogens is 534 g/mol. The molecule has 0 radical (unpaired) electrons. The van der Waals surface area contributed by atoms with Crippen LogP contribution in [0.2, 0.25) is 0 Å². The standard InChI is InChI=1S/C28H37N5O6S/c1-7-20(17(3)38-6)21(39-19-11-9-18(34)10-12-19)15-31-25-22(16(2)24(40-25)32-14-8-13-30-32)23(35)33(27(31)37)28(4,5)26(29)36/h7-8,13-14,18-19,21,34H,1,9-12,15H2,2-6H3,(H2,29,36)/b20-17-/t18-,19+,21-/m0/s1. The number of rotatable bonds is 10. The van der Waals surface area contributed by atoms with E-state index < -0.39 is 28.8 Å². The van der Waals surface area contributed by atoms with Gasteiger partial charge in [0.1, 0.15) is 21.5 Å². The van der Waals surface area contributed by atoms with Gasteiger partial charge in [0.2, 0.25) is 5.91 Å². The van der Waals surface area contributed by atoms with Gasteiger partial charge in [-0.25, -0.2) is 14.0 Å². The molecule has 0 aliphatic heterocycles. The number of amides is 1. The third-order valence-corrected chi connectivity index (χ3v) is 8.99. The Hall–Kier alpha value is -3.48. The van der Waals surface area contributed by atoms with Crippen molar-refractivity contribution in [1.82, 2.24) is 18.9 Å². The second-order valence-electron chi connectivity index (χ2n) is 10.6. The Bertz CT molecular complexity index is 1550. The van der Waals surface area contributed by atoms with Crippen molar-refractivity contribution in [3.05, 3.63) is 68.8 Å². The molecule has 0 saturated heterocycles. The Morgan fingerprint density at radius 1 is 1.32 bits per heavy atom. The summed E-state index contributed by atoms with van der Waals surface area (Å²) in [6.07, 6.45) is 6.41. The highest BCUT2D eigenvalue weighted by atomic mass is 32.1. The molecule has 1 saturated carbocycles. The molecule has 3 heterocycles. The minimum Gasteiger partial charge on any atom is -0.501 e. The third-order valence-electron chi connectivity index (χ3n) is 7.69. The van der Waals surface area contributed by atoms with E-state index >= 15 is 0 Å². The summed E-state index contributed by atoms with van der Waals surface area (Å²) in [5.41, 5.74) is 4.08. The Kier molecular flexibility index (Phi) is 8.52. The number of hydrogen-bond donors (Lipinski definition) is 2. The number of aliphatic hydroxyl groups excluding tert-OH is 1. The molecule has 1 amide bonds. The van der Waals surface area contributed by atoms with Gasteiger partial charge in [-0.15, -0.1) is 0 Å². The van der Waals surface area contributed by atoms with Gasteiger partial charge in [0, 0.05) is 23.5 Å². The second-order valence-corrected chi connectivity index (χ2v) is 11.6. The van der Waals surface area contributed by atoms with E-state index in [-0.39, 0.29) is 18.8 Å². The van der Waals surface area contributed by atoms with E-state index in [2.05, 4.69) is 11.7 Å². The van der Waals surface area contributed by atoms with Crippen molar-refractivity contribution >= 4 is 27.5 Å². The largest absolute Gasteiger partial charge is 0.501 e. The first kappa shape index (κ1) is 29.5. The van der Waals surface area contributed by atoms with E-state index in [1.165, 1.54) is 29.8 Å². The molecule has 216 valence electrons. The number of hydrogen-bond acceptors (Lipinski definition) is 8. The molecule has 3 N–H and O–H groups in total. The monoisotopic (exact) mass is 571 g/mol. The lowest BCUT2D eigenvalue weighted by Gasteiger charge is -2.31. The van der Waals surface area contributed by atoms with Crippen LogP contribution in [0.3, 0.4) is 0 Å². The summed E-state index contributed by atoms with van der Waals surface area (Å²) < 4.78 is 16.1. The van der Waals surface area contributed by atoms with Crippen LogP contribution in [-0.2, 0) is 26.4 Å². The fraction of sp³-hybridized carbons (Fsp3) is 0.500. The number of aliphatic hydroxyl groups is 1. The van der Waals surface area contributed by atoms with Crippen LogP contribution in [-0.4, -0.2) is 55.4 Å². The zero-order valence-corrected chi connectivity index (χ0v) is 24.4. The molecule has 1 atom stereocenters. The quantitative estimate of drug-likeness (QED) is 0.281. The number of fused-ring (bicyclic) bond motifs is 1. The average Bonchev–Trinajstić information content (AvgIpc) is 3.55. The fourth-order valence-corrected chi connectivity index (χ4v) is 6.37. The van der Waals surface area contributed by atoms with E-state index in [1.807, 2.05) is 0 Å². The number of aryl methyl sites for hydroxylation is 1. The summed E-state index contributed by atoms with van der Waals surface area (Å²) in [6.45, 7) is 10.5. The topological polar surface area (TPSA) is 144 Å². The number of allylic oxidation sites excluding steroid dienone is 1. The molecule has 0 aromatic carbocycles. The molecule has 1 aliphatic carbocycles. The van der Waals surface area contributed by atoms with Crippen LogP contribution in [0.4, 0.5) is 0 Å². The predicted octanol–water partition coefficient (Wildman–Crippen LogP) is 2.73. The number of nitrogens with zero attached hydrogens (tertiary/aromatic N) is 4. The summed E-state index contributed by atoms with van der Waals surface area (Å²) >= 11 is 1.26. The van der Waals surface area contributed by atoms with E-state index in [0.29, 0.717) is 57.8 Å². The van der Waals surface area contributed by atoms with Gasteiger partial charge >= 0.3 is 5.69 Å². The van der Waals surface area contributed by atoms with Gasteiger partial charge in [-0.3, -0.25) is 14.2 Å². The zero-order valence-electron chi connectivity index (χ0n) is 23.5. The predicted molar refractivity (Wildman–Crippen MR) is 154 cm³/mol. The van der Waals surface area contributed by atoms with Gasteiger partial charge in [0.15, 0.2) is 0 Å². The van der Waals surface area contributed by atoms with Crippen molar-refractivity contribution in [1.29, 1.82) is 0 Å². The maximum atomic E-state index is 14.1. The highest BCUT2D eigenvalue weighted by Crippen LogP contribution is 2.32. The molecule has 0 bridgehead atoms. The van der Waals surface area contributed by atoms with Gasteiger partial charge < -0.3 is 20.3 Å². The third kappa shape index (κ3) is 5.30. The molecule has 3 aromatic rings. The summed E-state index contributed by atoms with van der Waals surface area (Å²) in [4.78, 5) is 40.9. The Morgan fingerprint density at radius 2 is 2.00 bits per heavy atom. The number of methoxy groups -OCH3 is 1. The van der Waals surface area contributed by atoms with Crippen LogP contribution in [0.5, 0.6) is 0 Å². The van der Waals surface area contributed by atoms with Crippen LogP contribution < -0.4 is 17.0 Å². The van der Waals surface area contributed by atoms with Crippen LogP contribution in [0.1, 0.15) is 52.0 Å². The number of primary amides is 1. The summed E-state index contributed by atoms with van der Waals surface area (Å²) in [6, 6.07) is 1.77. The lowest BCUT2D eigenvalue weighted by Crippen LogP contribution is -2.55. The van der Waals surface area contributed by atoms with E-state index in [1.54, 1.807) is 50.2 Å². The van der Waals surface area contributed by atoms with Crippen molar-refractivity contribution in [2.24, 2.45) is 5.73 Å². The summed E-state index contributed by atoms with van der Waals surface area (Å²) in [5, 5.41) is 15.3. The Balaban J connectivity index is 1.98. The number of carbonyl (C=O) groups excluding carboxylic acids is 1. The Labute approximate surface area is 236 Å². The van der Waals surface area contributed by atoms with Crippen molar-refractivity contribution < 1.29 is 19.4 Å². The van der Waals surface area contributed by atoms with Crippen molar-refractivity contribution in [3.8, 4) is 5.00 Å². The number of carbonyl (C=O) groups is 1. The Morgan fingerprint density at radius 3 is 2.55 bits per heavy atom. The number of ether oxygens (including phenoxy) is 2. The molecule has 0 spiro atoms. The lowest BCUT2D eigenvalue weighted by atomic mass is 9.94. The van der Waals surface area contributed by atoms with Gasteiger partial charge in [0.05, 0.1) is 37.0 Å². The number of nitrogens with two attached hydrogens (primary N) is 1. The first-order valence-corrected chi connectivity index (χ1v) is 14.0. The molecule has 1 fully saturated rings. The first-order chi connectivity index (χ1) is 18.9. The SMILES string of the molecule is C=C/C(=C(\C)OC)[C@H](Cn1c(=O)n(C(C)(C)C(N)=O)c(=O)c2c(C)c(-n3cccn3)sc21)O[C@H]1CC[C@@H](O)CC1. The van der Waals surface area contributed by atoms with Crippen LogP contribution in [0, 0.1) is 6.92 Å². The normalized spacial score (nSPS) is 19.4. The van der Waals surface area contributed by atoms with Crippen molar-refractivity contribution in [3.63, 3.8) is 0 Å². The molecule has 3 aromatic heterocycles. The van der Waals surface area contributed by atoms with Crippen molar-refractivity contribution in [2.45, 2.75) is 83.8 Å². The first-order valence-electron chi connectivity index (χ1n) is 13.2. The number of thiophene rings is 1. The maximum Gasteiger partial charge on any atom is 0.333 e. The molecule has 0 unspecified atom stereocenters. The van der Waals surface area contributed by atoms with Crippen LogP contribution in [0.25, 0.3) is 15.2 Å². The fourth-order valence-electron chi connectivity index (χ4n) is 5.12. The lowest BCUT2D eigenvalue weighted by molar-refractivity contribution is -0.125. The summed E-state index contributed by atoms with van der Waals surface area (Å²) in [5.74, 6) is -0.237. The van der Waals surface area contributed by atoms with E-state index in [4.69, 9.17) is 15.2 Å². The van der Waals surface area contributed by atoms with Gasteiger partial charge in [-0.05, 0) is 59.4 Å². The molecule has 12 heteroatoms. The van der Waals surface area contributed by atoms with Gasteiger partial charge in [-0.2, -0.15) is 5.10 Å². The molecule has 1 aliphatic rings. The molecule has 11 nitrogen and oxygen atoms in total. The maximum absolute atomic E-state index is 14.1. The summed E-state index contributed by atoms with van der Waals surface area (Å²) in [7, 11) is 1.55. The molecule has 4 rings (SSSR count). The van der Waals surface area contributed by atoms with Gasteiger partial charge in [-0.1, -0.05) is 24.0 Å². The van der Waals surface area contributed by atoms with Gasteiger partial charge in [0.25, 0.3) is 5.56 Å². The van der Waals surface area contributed by atoms with Crippen LogP contribution >= 0.6 is 11.3 Å². The molecular formula is C28H37N5O6S. The van der Waals surface area contributed by atoms with E-state index in [0.717, 1.165) is 4.57 Å². The highest BCUT2D eigenvalue weighted by Gasteiger charge is 2.35. The number of aromatic nitrogens is 4. The van der Waals surface area contributed by atoms with E-state index in [9.17, 15) is 19.5 Å². The van der Waals surface area contributed by atoms with Crippen LogP contribution in [0.15, 0.2) is 52.0 Å². The highest BCUT2D eigenvalue weighted by molar-refractivity contribution is 7.21. The minimum atomic E-state index is -1.60. The average molecular weight is 572 g/mol. The zero-order chi connectivity index (χ0) is 29.4. The molecule has 40 heavy (non-hydrogen) atoms. The second kappa shape index (κ2) is 11.6. The van der Waals surface area contributed by atoms with Crippen molar-refractivity contribution in [2.75, 3.05) is 7.11 Å². The minimum absolute atomic E-state index is 0.0179. The smallest absolute Gasteiger partial charge is 0.333 e.